The van der Waals surface area contributed by atoms with Crippen molar-refractivity contribution in [3.8, 4) is 0 Å². The van der Waals surface area contributed by atoms with Gasteiger partial charge in [0.15, 0.2) is 0 Å². The third-order valence-corrected chi connectivity index (χ3v) is 8.68. The zero-order chi connectivity index (χ0) is 28.8. The first-order valence-corrected chi connectivity index (χ1v) is 13.9. The smallest absolute Gasteiger partial charge is 0.376 e. The summed E-state index contributed by atoms with van der Waals surface area (Å²) in [6.45, 7) is 16.2. The van der Waals surface area contributed by atoms with E-state index >= 15 is 0 Å². The molecule has 3 unspecified atom stereocenters. The van der Waals surface area contributed by atoms with Gasteiger partial charge in [-0.1, -0.05) is 74.7 Å². The molecule has 0 aromatic carbocycles. The average molecular weight is 534 g/mol. The van der Waals surface area contributed by atoms with E-state index in [0.717, 1.165) is 26.4 Å². The highest BCUT2D eigenvalue weighted by molar-refractivity contribution is 6.36. The van der Waals surface area contributed by atoms with Crippen molar-refractivity contribution in [2.75, 3.05) is 13.7 Å². The van der Waals surface area contributed by atoms with Crippen molar-refractivity contribution in [1.82, 2.24) is 15.5 Å². The first kappa shape index (κ1) is 30.1. The van der Waals surface area contributed by atoms with Gasteiger partial charge in [0.2, 0.25) is 17.7 Å². The molecular weight excluding hydrogens is 486 g/mol. The van der Waals surface area contributed by atoms with Crippen molar-refractivity contribution in [1.29, 1.82) is 0 Å². The van der Waals surface area contributed by atoms with Crippen LogP contribution in [0, 0.1) is 34.0 Å². The van der Waals surface area contributed by atoms with Crippen LogP contribution in [0.4, 0.5) is 0 Å². The van der Waals surface area contributed by atoms with Crippen LogP contribution in [0.5, 0.6) is 0 Å². The van der Waals surface area contributed by atoms with Crippen molar-refractivity contribution in [2.45, 2.75) is 106 Å². The number of ketones is 1. The van der Waals surface area contributed by atoms with E-state index in [-0.39, 0.29) is 46.8 Å². The molecule has 0 bridgehead atoms. The minimum Gasteiger partial charge on any atom is -0.463 e. The molecule has 1 aliphatic heterocycles. The summed E-state index contributed by atoms with van der Waals surface area (Å²) >= 11 is 0. The van der Waals surface area contributed by atoms with E-state index in [1.165, 1.54) is 0 Å². The molecular formula is C29H47N3O6. The Morgan fingerprint density at radius 1 is 1.00 bits per heavy atom. The van der Waals surface area contributed by atoms with Gasteiger partial charge in [0.05, 0.1) is 13.2 Å². The van der Waals surface area contributed by atoms with Gasteiger partial charge < -0.3 is 20.3 Å². The molecule has 1 heterocycles. The maximum Gasteiger partial charge on any atom is 0.376 e. The van der Waals surface area contributed by atoms with E-state index in [1.54, 1.807) is 4.90 Å². The summed E-state index contributed by atoms with van der Waals surface area (Å²) in [5, 5.41) is 5.78. The minimum absolute atomic E-state index is 0.0603. The van der Waals surface area contributed by atoms with Gasteiger partial charge >= 0.3 is 5.97 Å². The standard InChI is InChI=1S/C29H47N3O6/c1-27(2,3)14-19(33)31-23(28(4,5)6)25(36)32-15-17-20(29(17,7)8)21(32)24(35)30-18(13-16-11-10-12-16)22(34)26(37)38-9/h16-18,20-21,23H,10-15H2,1-9H3,(H,30,35)(H,31,33)/t17?,18?,20?,21-,23+/m0/s1. The third kappa shape index (κ3) is 6.40. The van der Waals surface area contributed by atoms with E-state index in [9.17, 15) is 24.0 Å². The molecule has 214 valence electrons. The van der Waals surface area contributed by atoms with Crippen LogP contribution in [-0.4, -0.2) is 66.2 Å². The second kappa shape index (κ2) is 10.6. The predicted molar refractivity (Wildman–Crippen MR) is 143 cm³/mol. The highest BCUT2D eigenvalue weighted by Crippen LogP contribution is 2.65. The third-order valence-electron chi connectivity index (χ3n) is 8.68. The zero-order valence-electron chi connectivity index (χ0n) is 24.6. The number of methoxy groups -OCH3 is 1. The molecule has 2 N–H and O–H groups in total. The van der Waals surface area contributed by atoms with Crippen LogP contribution in [0.2, 0.25) is 0 Å². The Bertz CT molecular complexity index is 972. The zero-order valence-corrected chi connectivity index (χ0v) is 24.6. The molecule has 2 aliphatic carbocycles. The number of likely N-dealkylation sites (tertiary alicyclic amines) is 1. The number of hydrogen-bond donors (Lipinski definition) is 2. The summed E-state index contributed by atoms with van der Waals surface area (Å²) in [5.74, 6) is -2.32. The molecule has 0 radical (unpaired) electrons. The number of hydrogen-bond acceptors (Lipinski definition) is 6. The number of piperidine rings is 1. The first-order chi connectivity index (χ1) is 17.4. The van der Waals surface area contributed by atoms with E-state index < -0.39 is 41.2 Å². The summed E-state index contributed by atoms with van der Waals surface area (Å²) in [4.78, 5) is 67.0. The van der Waals surface area contributed by atoms with Crippen molar-refractivity contribution in [2.24, 2.45) is 34.0 Å². The van der Waals surface area contributed by atoms with E-state index in [0.29, 0.717) is 13.0 Å². The fourth-order valence-electron chi connectivity index (χ4n) is 6.11. The van der Waals surface area contributed by atoms with Gasteiger partial charge in [-0.25, -0.2) is 4.79 Å². The van der Waals surface area contributed by atoms with Gasteiger partial charge in [-0.15, -0.1) is 0 Å². The van der Waals surface area contributed by atoms with Crippen LogP contribution in [0.3, 0.4) is 0 Å². The summed E-state index contributed by atoms with van der Waals surface area (Å²) in [7, 11) is 1.15. The van der Waals surface area contributed by atoms with Gasteiger partial charge in [0, 0.05) is 13.0 Å². The van der Waals surface area contributed by atoms with Crippen LogP contribution >= 0.6 is 0 Å². The SMILES string of the molecule is COC(=O)C(=O)C(CC1CCC1)NC(=O)[C@@H]1C2C(CN1C(=O)[C@@H](NC(=O)CC(C)(C)C)C(C)(C)C)C2(C)C. The fourth-order valence-corrected chi connectivity index (χ4v) is 6.11. The summed E-state index contributed by atoms with van der Waals surface area (Å²) in [6, 6.07) is -2.57. The maximum atomic E-state index is 14.0. The molecule has 0 aromatic heterocycles. The van der Waals surface area contributed by atoms with Gasteiger partial charge in [0.1, 0.15) is 12.1 Å². The number of rotatable bonds is 9. The second-order valence-electron chi connectivity index (χ2n) is 14.4. The van der Waals surface area contributed by atoms with E-state index in [2.05, 4.69) is 29.2 Å². The van der Waals surface area contributed by atoms with Crippen LogP contribution in [0.15, 0.2) is 0 Å². The fraction of sp³-hybridized carbons (Fsp3) is 0.828. The minimum atomic E-state index is -0.983. The Morgan fingerprint density at radius 3 is 2.08 bits per heavy atom. The molecule has 0 aromatic rings. The maximum absolute atomic E-state index is 14.0. The van der Waals surface area contributed by atoms with Crippen LogP contribution in [-0.2, 0) is 28.7 Å². The molecule has 9 heteroatoms. The Kier molecular flexibility index (Phi) is 8.40. The van der Waals surface area contributed by atoms with Gasteiger partial charge in [-0.2, -0.15) is 0 Å². The Hall–Kier alpha value is -2.45. The number of carbonyl (C=O) groups is 5. The number of nitrogens with one attached hydrogen (secondary N) is 2. The lowest BCUT2D eigenvalue weighted by Crippen LogP contribution is -2.60. The molecule has 0 spiro atoms. The topological polar surface area (TPSA) is 122 Å². The van der Waals surface area contributed by atoms with E-state index in [4.69, 9.17) is 0 Å². The van der Waals surface area contributed by atoms with Crippen molar-refractivity contribution >= 4 is 29.5 Å². The Morgan fingerprint density at radius 2 is 1.61 bits per heavy atom. The van der Waals surface area contributed by atoms with Gasteiger partial charge in [0.25, 0.3) is 5.78 Å². The van der Waals surface area contributed by atoms with Crippen molar-refractivity contribution in [3.63, 3.8) is 0 Å². The van der Waals surface area contributed by atoms with Gasteiger partial charge in [-0.05, 0) is 40.4 Å². The normalized spacial score (nSPS) is 25.9. The van der Waals surface area contributed by atoms with E-state index in [1.807, 2.05) is 41.5 Å². The predicted octanol–water partition coefficient (Wildman–Crippen LogP) is 2.85. The second-order valence-corrected chi connectivity index (χ2v) is 14.4. The summed E-state index contributed by atoms with van der Waals surface area (Å²) < 4.78 is 4.65. The number of ether oxygens (including phenoxy) is 1. The number of esters is 1. The van der Waals surface area contributed by atoms with Crippen LogP contribution in [0.1, 0.15) is 87.5 Å². The molecule has 9 nitrogen and oxygen atoms in total. The molecule has 3 rings (SSSR count). The molecule has 3 aliphatic rings. The lowest BCUT2D eigenvalue weighted by Gasteiger charge is -2.38. The summed E-state index contributed by atoms with van der Waals surface area (Å²) in [5.41, 5.74) is -0.943. The van der Waals surface area contributed by atoms with Gasteiger partial charge in [-0.3, -0.25) is 19.2 Å². The Labute approximate surface area is 227 Å². The number of fused-ring (bicyclic) bond motifs is 1. The molecule has 3 fully saturated rings. The Balaban J connectivity index is 1.84. The van der Waals surface area contributed by atoms with Crippen LogP contribution < -0.4 is 10.6 Å². The molecule has 5 atom stereocenters. The quantitative estimate of drug-likeness (QED) is 0.347. The lowest BCUT2D eigenvalue weighted by molar-refractivity contribution is -0.153. The lowest BCUT2D eigenvalue weighted by atomic mass is 9.80. The first-order valence-electron chi connectivity index (χ1n) is 13.9. The monoisotopic (exact) mass is 533 g/mol. The number of carbonyl (C=O) groups excluding carboxylic acids is 5. The molecule has 1 saturated heterocycles. The largest absolute Gasteiger partial charge is 0.463 e. The van der Waals surface area contributed by atoms with Crippen LogP contribution in [0.25, 0.3) is 0 Å². The average Bonchev–Trinajstić information content (AvgIpc) is 3.08. The molecule has 2 saturated carbocycles. The number of Topliss-reactive ketones (excluding diaryl/α,β-unsaturated/α-hetero) is 1. The van der Waals surface area contributed by atoms with Crippen molar-refractivity contribution in [3.05, 3.63) is 0 Å². The number of nitrogens with zero attached hydrogens (tertiary/aromatic N) is 1. The highest BCUT2D eigenvalue weighted by Gasteiger charge is 2.70. The molecule has 3 amide bonds. The van der Waals surface area contributed by atoms with Crippen molar-refractivity contribution < 1.29 is 28.7 Å². The number of amides is 3. The summed E-state index contributed by atoms with van der Waals surface area (Å²) in [6.07, 6.45) is 3.62. The highest BCUT2D eigenvalue weighted by atomic mass is 16.5. The molecule has 38 heavy (non-hydrogen) atoms.